The van der Waals surface area contributed by atoms with Gasteiger partial charge in [0.2, 0.25) is 0 Å². The molecule has 2 aromatic rings. The Bertz CT molecular complexity index is 581. The van der Waals surface area contributed by atoms with Gasteiger partial charge in [-0.1, -0.05) is 24.6 Å². The third-order valence-corrected chi connectivity index (χ3v) is 2.88. The first kappa shape index (κ1) is 12.8. The van der Waals surface area contributed by atoms with E-state index in [-0.39, 0.29) is 10.7 Å². The van der Waals surface area contributed by atoms with Gasteiger partial charge in [-0.2, -0.15) is 0 Å². The summed E-state index contributed by atoms with van der Waals surface area (Å²) in [4.78, 5) is 20.3. The minimum absolute atomic E-state index is 0.109. The molecule has 0 atom stereocenters. The first-order chi connectivity index (χ1) is 8.70. The van der Waals surface area contributed by atoms with Crippen molar-refractivity contribution in [2.45, 2.75) is 26.3 Å². The Labute approximate surface area is 110 Å². The van der Waals surface area contributed by atoms with Gasteiger partial charge >= 0.3 is 0 Å². The van der Waals surface area contributed by atoms with Crippen LogP contribution >= 0.6 is 11.6 Å². The highest BCUT2D eigenvalue weighted by Gasteiger charge is 2.06. The second-order valence-corrected chi connectivity index (χ2v) is 4.30. The van der Waals surface area contributed by atoms with Crippen molar-refractivity contribution in [2.75, 3.05) is 0 Å². The van der Waals surface area contributed by atoms with Gasteiger partial charge in [-0.05, 0) is 12.1 Å². The van der Waals surface area contributed by atoms with Crippen LogP contribution in [-0.2, 0) is 19.4 Å². The molecule has 0 unspecified atom stereocenters. The maximum atomic E-state index is 11.9. The molecule has 18 heavy (non-hydrogen) atoms. The zero-order chi connectivity index (χ0) is 13.0. The van der Waals surface area contributed by atoms with Gasteiger partial charge in [0.15, 0.2) is 0 Å². The Morgan fingerprint density at radius 3 is 2.89 bits per heavy atom. The predicted octanol–water partition coefficient (Wildman–Crippen LogP) is 2.10. The molecule has 0 saturated carbocycles. The first-order valence-corrected chi connectivity index (χ1v) is 6.24. The molecule has 0 bridgehead atoms. The fraction of sp³-hybridized carbons (Fsp3) is 0.308. The molecule has 2 heterocycles. The van der Waals surface area contributed by atoms with E-state index in [1.54, 1.807) is 10.8 Å². The van der Waals surface area contributed by atoms with Crippen molar-refractivity contribution in [2.24, 2.45) is 0 Å². The lowest BCUT2D eigenvalue weighted by Crippen LogP contribution is -2.25. The maximum Gasteiger partial charge on any atom is 0.254 e. The van der Waals surface area contributed by atoms with Gasteiger partial charge in [0.1, 0.15) is 11.0 Å². The number of rotatable bonds is 4. The lowest BCUT2D eigenvalue weighted by Gasteiger charge is -2.10. The van der Waals surface area contributed by atoms with Gasteiger partial charge in [-0.15, -0.1) is 0 Å². The maximum absolute atomic E-state index is 11.9. The standard InChI is InChI=1S/C13H14ClN3O/c1-2-12-16-11(14)9-13(18)17(12)8-6-10-5-3-4-7-15-10/h3-5,7,9H,2,6,8H2,1H3. The average molecular weight is 264 g/mol. The highest BCUT2D eigenvalue weighted by atomic mass is 35.5. The smallest absolute Gasteiger partial charge is 0.254 e. The molecule has 0 aliphatic rings. The van der Waals surface area contributed by atoms with Gasteiger partial charge in [0, 0.05) is 37.3 Å². The number of nitrogens with zero attached hydrogens (tertiary/aromatic N) is 3. The third-order valence-electron chi connectivity index (χ3n) is 2.69. The van der Waals surface area contributed by atoms with Crippen LogP contribution in [0, 0.1) is 0 Å². The molecule has 4 nitrogen and oxygen atoms in total. The van der Waals surface area contributed by atoms with Crippen LogP contribution in [0.5, 0.6) is 0 Å². The summed E-state index contributed by atoms with van der Waals surface area (Å²) in [5.41, 5.74) is 0.851. The van der Waals surface area contributed by atoms with Crippen LogP contribution in [0.2, 0.25) is 5.15 Å². The minimum Gasteiger partial charge on any atom is -0.296 e. The second-order valence-electron chi connectivity index (χ2n) is 3.91. The quantitative estimate of drug-likeness (QED) is 0.794. The van der Waals surface area contributed by atoms with Crippen molar-refractivity contribution in [1.82, 2.24) is 14.5 Å². The Morgan fingerprint density at radius 1 is 1.39 bits per heavy atom. The van der Waals surface area contributed by atoms with E-state index in [1.807, 2.05) is 25.1 Å². The van der Waals surface area contributed by atoms with E-state index >= 15 is 0 Å². The van der Waals surface area contributed by atoms with Crippen molar-refractivity contribution < 1.29 is 0 Å². The van der Waals surface area contributed by atoms with E-state index < -0.39 is 0 Å². The van der Waals surface area contributed by atoms with Crippen molar-refractivity contribution in [3.8, 4) is 0 Å². The van der Waals surface area contributed by atoms with Crippen LogP contribution in [0.4, 0.5) is 0 Å². The normalized spacial score (nSPS) is 10.6. The zero-order valence-corrected chi connectivity index (χ0v) is 10.9. The monoisotopic (exact) mass is 263 g/mol. The molecule has 0 saturated heterocycles. The summed E-state index contributed by atoms with van der Waals surface area (Å²) < 4.78 is 1.65. The molecule has 2 rings (SSSR count). The highest BCUT2D eigenvalue weighted by Crippen LogP contribution is 2.04. The number of hydrogen-bond donors (Lipinski definition) is 0. The number of aromatic nitrogens is 3. The van der Waals surface area contributed by atoms with Crippen LogP contribution in [0.1, 0.15) is 18.4 Å². The summed E-state index contributed by atoms with van der Waals surface area (Å²) in [5, 5.41) is 0.255. The van der Waals surface area contributed by atoms with E-state index in [2.05, 4.69) is 9.97 Å². The minimum atomic E-state index is -0.109. The summed E-state index contributed by atoms with van der Waals surface area (Å²) in [6.07, 6.45) is 3.13. The molecule has 0 aliphatic carbocycles. The number of halogens is 1. The van der Waals surface area contributed by atoms with Crippen molar-refractivity contribution in [3.63, 3.8) is 0 Å². The lowest BCUT2D eigenvalue weighted by atomic mass is 10.2. The van der Waals surface area contributed by atoms with Crippen molar-refractivity contribution in [1.29, 1.82) is 0 Å². The molecule has 0 radical (unpaired) electrons. The Balaban J connectivity index is 2.22. The number of hydrogen-bond acceptors (Lipinski definition) is 3. The predicted molar refractivity (Wildman–Crippen MR) is 70.8 cm³/mol. The molecule has 94 valence electrons. The van der Waals surface area contributed by atoms with E-state index in [4.69, 9.17) is 11.6 Å². The summed E-state index contributed by atoms with van der Waals surface area (Å²) in [5.74, 6) is 0.712. The van der Waals surface area contributed by atoms with E-state index in [0.29, 0.717) is 25.2 Å². The molecule has 0 amide bonds. The Kier molecular flexibility index (Phi) is 4.10. The molecule has 5 heteroatoms. The molecule has 0 aromatic carbocycles. The van der Waals surface area contributed by atoms with Gasteiger partial charge < -0.3 is 0 Å². The van der Waals surface area contributed by atoms with Gasteiger partial charge in [-0.25, -0.2) is 4.98 Å². The van der Waals surface area contributed by atoms with Gasteiger partial charge in [0.05, 0.1) is 0 Å². The molecule has 2 aromatic heterocycles. The van der Waals surface area contributed by atoms with Crippen molar-refractivity contribution in [3.05, 3.63) is 57.5 Å². The van der Waals surface area contributed by atoms with Gasteiger partial charge in [-0.3, -0.25) is 14.3 Å². The molecule has 0 N–H and O–H groups in total. The molecule has 0 spiro atoms. The van der Waals surface area contributed by atoms with Crippen LogP contribution in [0.15, 0.2) is 35.3 Å². The number of aryl methyl sites for hydroxylation is 2. The zero-order valence-electron chi connectivity index (χ0n) is 10.1. The summed E-state index contributed by atoms with van der Waals surface area (Å²) >= 11 is 5.78. The third kappa shape index (κ3) is 2.96. The average Bonchev–Trinajstić information content (AvgIpc) is 2.38. The number of pyridine rings is 1. The van der Waals surface area contributed by atoms with E-state index in [9.17, 15) is 4.79 Å². The van der Waals surface area contributed by atoms with E-state index in [0.717, 1.165) is 5.69 Å². The second kappa shape index (κ2) is 5.78. The SMILES string of the molecule is CCc1nc(Cl)cc(=O)n1CCc1ccccn1. The molecule has 0 fully saturated rings. The molecular formula is C13H14ClN3O. The van der Waals surface area contributed by atoms with Crippen LogP contribution in [-0.4, -0.2) is 14.5 Å². The first-order valence-electron chi connectivity index (χ1n) is 5.87. The van der Waals surface area contributed by atoms with E-state index in [1.165, 1.54) is 6.07 Å². The largest absolute Gasteiger partial charge is 0.296 e. The van der Waals surface area contributed by atoms with Crippen LogP contribution < -0.4 is 5.56 Å². The van der Waals surface area contributed by atoms with Crippen LogP contribution in [0.3, 0.4) is 0 Å². The summed E-state index contributed by atoms with van der Waals surface area (Å²) in [6.45, 7) is 2.53. The fourth-order valence-electron chi connectivity index (χ4n) is 1.80. The van der Waals surface area contributed by atoms with Crippen molar-refractivity contribution >= 4 is 11.6 Å². The fourth-order valence-corrected chi connectivity index (χ4v) is 2.00. The van der Waals surface area contributed by atoms with Gasteiger partial charge in [0.25, 0.3) is 5.56 Å². The lowest BCUT2D eigenvalue weighted by molar-refractivity contribution is 0.607. The Hall–Kier alpha value is -1.68. The summed E-state index contributed by atoms with van der Waals surface area (Å²) in [6, 6.07) is 7.10. The van der Waals surface area contributed by atoms with Crippen LogP contribution in [0.25, 0.3) is 0 Å². The molecular weight excluding hydrogens is 250 g/mol. The summed E-state index contributed by atoms with van der Waals surface area (Å²) in [7, 11) is 0. The highest BCUT2D eigenvalue weighted by molar-refractivity contribution is 6.29. The topological polar surface area (TPSA) is 47.8 Å². The molecule has 0 aliphatic heterocycles. The Morgan fingerprint density at radius 2 is 2.22 bits per heavy atom.